The molecule has 4 rings (SSSR count). The number of benzene rings is 3. The fourth-order valence-corrected chi connectivity index (χ4v) is 2.95. The zero-order valence-corrected chi connectivity index (χ0v) is 10.6. The van der Waals surface area contributed by atoms with E-state index in [0.717, 1.165) is 6.42 Å². The molecule has 0 N–H and O–H groups in total. The molecule has 0 saturated heterocycles. The first kappa shape index (κ1) is 10.6. The van der Waals surface area contributed by atoms with Gasteiger partial charge in [-0.3, -0.25) is 0 Å². The summed E-state index contributed by atoms with van der Waals surface area (Å²) in [4.78, 5) is 0. The summed E-state index contributed by atoms with van der Waals surface area (Å²) in [6.45, 7) is 0. The number of hydrogen-bond acceptors (Lipinski definition) is 0. The van der Waals surface area contributed by atoms with Crippen LogP contribution in [0.4, 0.5) is 0 Å². The molecule has 0 heteroatoms. The molecule has 0 heterocycles. The molecular formula is C19H14. The van der Waals surface area contributed by atoms with Gasteiger partial charge in [0.2, 0.25) is 0 Å². The average Bonchev–Trinajstić information content (AvgIpc) is 2.93. The van der Waals surface area contributed by atoms with Crippen LogP contribution in [0.5, 0.6) is 0 Å². The van der Waals surface area contributed by atoms with Gasteiger partial charge in [-0.25, -0.2) is 0 Å². The lowest BCUT2D eigenvalue weighted by Gasteiger charge is -2.05. The van der Waals surface area contributed by atoms with Crippen molar-refractivity contribution < 1.29 is 0 Å². The first-order chi connectivity index (χ1) is 9.42. The Morgan fingerprint density at radius 3 is 2.37 bits per heavy atom. The minimum absolute atomic E-state index is 1.04. The van der Waals surface area contributed by atoms with Crippen molar-refractivity contribution in [1.29, 1.82) is 0 Å². The van der Waals surface area contributed by atoms with E-state index < -0.39 is 0 Å². The third-order valence-electron chi connectivity index (χ3n) is 3.92. The summed E-state index contributed by atoms with van der Waals surface area (Å²) < 4.78 is 0. The van der Waals surface area contributed by atoms with Crippen LogP contribution in [0, 0.1) is 0 Å². The van der Waals surface area contributed by atoms with Gasteiger partial charge < -0.3 is 0 Å². The van der Waals surface area contributed by atoms with E-state index in [2.05, 4.69) is 72.8 Å². The second kappa shape index (κ2) is 4.10. The van der Waals surface area contributed by atoms with E-state index in [-0.39, 0.29) is 0 Å². The number of rotatable bonds is 1. The van der Waals surface area contributed by atoms with E-state index >= 15 is 0 Å². The molecule has 0 nitrogen and oxygen atoms in total. The fraction of sp³-hybridized carbons (Fsp3) is 0.0526. The zero-order chi connectivity index (χ0) is 12.7. The number of fused-ring (bicyclic) bond motifs is 3. The van der Waals surface area contributed by atoms with Crippen molar-refractivity contribution in [3.63, 3.8) is 0 Å². The molecule has 0 bridgehead atoms. The van der Waals surface area contributed by atoms with Crippen LogP contribution in [0.2, 0.25) is 0 Å². The molecule has 3 aromatic carbocycles. The van der Waals surface area contributed by atoms with Gasteiger partial charge in [0.25, 0.3) is 0 Å². The molecule has 0 saturated carbocycles. The van der Waals surface area contributed by atoms with Crippen LogP contribution in [0.3, 0.4) is 0 Å². The third kappa shape index (κ3) is 1.68. The lowest BCUT2D eigenvalue weighted by molar-refractivity contribution is 1.35. The van der Waals surface area contributed by atoms with Crippen LogP contribution >= 0.6 is 0 Å². The SMILES string of the molecule is C1=C(c2ccccc2)Cc2c1ccc1ccccc21. The predicted octanol–water partition coefficient (Wildman–Crippen LogP) is 4.94. The summed E-state index contributed by atoms with van der Waals surface area (Å²) in [6, 6.07) is 23.8. The smallest absolute Gasteiger partial charge is 0.000751 e. The summed E-state index contributed by atoms with van der Waals surface area (Å²) in [5.41, 5.74) is 5.60. The van der Waals surface area contributed by atoms with Gasteiger partial charge in [0, 0.05) is 0 Å². The van der Waals surface area contributed by atoms with E-state index in [0.29, 0.717) is 0 Å². The minimum atomic E-state index is 1.04. The Bertz CT molecular complexity index is 780. The summed E-state index contributed by atoms with van der Waals surface area (Å²) >= 11 is 0. The van der Waals surface area contributed by atoms with Gasteiger partial charge in [0.1, 0.15) is 0 Å². The first-order valence-corrected chi connectivity index (χ1v) is 6.68. The van der Waals surface area contributed by atoms with Crippen LogP contribution in [-0.4, -0.2) is 0 Å². The normalized spacial score (nSPS) is 13.4. The van der Waals surface area contributed by atoms with Crippen molar-refractivity contribution >= 4 is 22.4 Å². The molecule has 0 spiro atoms. The molecule has 1 aliphatic rings. The van der Waals surface area contributed by atoms with Crippen molar-refractivity contribution in [2.24, 2.45) is 0 Å². The van der Waals surface area contributed by atoms with E-state index in [4.69, 9.17) is 0 Å². The topological polar surface area (TPSA) is 0 Å². The van der Waals surface area contributed by atoms with Crippen LogP contribution in [0.15, 0.2) is 66.7 Å². The van der Waals surface area contributed by atoms with Gasteiger partial charge in [0.05, 0.1) is 0 Å². The van der Waals surface area contributed by atoms with E-state index in [1.165, 1.54) is 33.0 Å². The van der Waals surface area contributed by atoms with Crippen LogP contribution in [-0.2, 0) is 6.42 Å². The second-order valence-corrected chi connectivity index (χ2v) is 5.07. The summed E-state index contributed by atoms with van der Waals surface area (Å²) in [5.74, 6) is 0. The van der Waals surface area contributed by atoms with E-state index in [1.54, 1.807) is 0 Å². The van der Waals surface area contributed by atoms with E-state index in [9.17, 15) is 0 Å². The molecule has 0 unspecified atom stereocenters. The zero-order valence-electron chi connectivity index (χ0n) is 10.6. The molecule has 0 radical (unpaired) electrons. The Hall–Kier alpha value is -2.34. The lowest BCUT2D eigenvalue weighted by Crippen LogP contribution is -1.87. The molecular weight excluding hydrogens is 228 g/mol. The quantitative estimate of drug-likeness (QED) is 0.567. The lowest BCUT2D eigenvalue weighted by atomic mass is 9.99. The van der Waals surface area contributed by atoms with Gasteiger partial charge in [-0.05, 0) is 39.5 Å². The maximum Gasteiger partial charge on any atom is -0.000751 e. The Morgan fingerprint density at radius 2 is 1.47 bits per heavy atom. The first-order valence-electron chi connectivity index (χ1n) is 6.68. The Kier molecular flexibility index (Phi) is 2.28. The largest absolute Gasteiger partial charge is 0.0622 e. The Balaban J connectivity index is 1.86. The molecule has 3 aromatic rings. The van der Waals surface area contributed by atoms with Gasteiger partial charge in [0.15, 0.2) is 0 Å². The van der Waals surface area contributed by atoms with Crippen molar-refractivity contribution in [2.45, 2.75) is 6.42 Å². The summed E-state index contributed by atoms with van der Waals surface area (Å²) in [7, 11) is 0. The minimum Gasteiger partial charge on any atom is -0.0622 e. The molecule has 0 aromatic heterocycles. The van der Waals surface area contributed by atoms with Crippen molar-refractivity contribution in [3.05, 3.63) is 83.4 Å². The second-order valence-electron chi connectivity index (χ2n) is 5.07. The highest BCUT2D eigenvalue weighted by Gasteiger charge is 2.16. The highest BCUT2D eigenvalue weighted by molar-refractivity contribution is 5.98. The predicted molar refractivity (Wildman–Crippen MR) is 82.0 cm³/mol. The fourth-order valence-electron chi connectivity index (χ4n) is 2.95. The maximum absolute atomic E-state index is 2.33. The Labute approximate surface area is 113 Å². The number of hydrogen-bond donors (Lipinski definition) is 0. The standard InChI is InChI=1S/C19H14/c1-2-6-14(7-3-1)17-12-16-11-10-15-8-4-5-9-18(15)19(16)13-17/h1-12H,13H2. The van der Waals surface area contributed by atoms with Crippen molar-refractivity contribution in [1.82, 2.24) is 0 Å². The van der Waals surface area contributed by atoms with Crippen LogP contribution in [0.25, 0.3) is 22.4 Å². The highest BCUT2D eigenvalue weighted by atomic mass is 14.2. The summed E-state index contributed by atoms with van der Waals surface area (Å²) in [6.07, 6.45) is 3.37. The highest BCUT2D eigenvalue weighted by Crippen LogP contribution is 2.35. The van der Waals surface area contributed by atoms with Crippen molar-refractivity contribution in [3.8, 4) is 0 Å². The molecule has 19 heavy (non-hydrogen) atoms. The molecule has 1 aliphatic carbocycles. The summed E-state index contributed by atoms with van der Waals surface area (Å²) in [5, 5.41) is 2.73. The molecule has 0 amide bonds. The molecule has 0 atom stereocenters. The van der Waals surface area contributed by atoms with E-state index in [1.807, 2.05) is 0 Å². The van der Waals surface area contributed by atoms with Crippen LogP contribution < -0.4 is 0 Å². The van der Waals surface area contributed by atoms with Gasteiger partial charge in [-0.2, -0.15) is 0 Å². The monoisotopic (exact) mass is 242 g/mol. The molecule has 0 aliphatic heterocycles. The third-order valence-corrected chi connectivity index (χ3v) is 3.92. The van der Waals surface area contributed by atoms with Gasteiger partial charge in [-0.15, -0.1) is 0 Å². The van der Waals surface area contributed by atoms with Gasteiger partial charge in [-0.1, -0.05) is 72.8 Å². The molecule has 90 valence electrons. The average molecular weight is 242 g/mol. The van der Waals surface area contributed by atoms with Crippen LogP contribution in [0.1, 0.15) is 16.7 Å². The molecule has 0 fully saturated rings. The van der Waals surface area contributed by atoms with Gasteiger partial charge >= 0.3 is 0 Å². The van der Waals surface area contributed by atoms with Crippen molar-refractivity contribution in [2.75, 3.05) is 0 Å². The Morgan fingerprint density at radius 1 is 0.684 bits per heavy atom. The number of allylic oxidation sites excluding steroid dienone is 1. The maximum atomic E-state index is 2.33.